The molecule has 2 N–H and O–H groups in total. The molecule has 0 saturated carbocycles. The number of Topliss-reactive ketones (excluding diaryl/α,β-unsaturated/α-hetero) is 1. The zero-order valence-corrected chi connectivity index (χ0v) is 18.4. The van der Waals surface area contributed by atoms with Crippen LogP contribution in [0.2, 0.25) is 0 Å². The van der Waals surface area contributed by atoms with Crippen molar-refractivity contribution in [2.45, 2.75) is 16.2 Å². The second-order valence-electron chi connectivity index (χ2n) is 6.52. The zero-order chi connectivity index (χ0) is 23.2. The van der Waals surface area contributed by atoms with Crippen LogP contribution in [0, 0.1) is 0 Å². The monoisotopic (exact) mass is 470 g/mol. The number of hydroxylamine groups is 1. The fourth-order valence-corrected chi connectivity index (χ4v) is 5.73. The van der Waals surface area contributed by atoms with Gasteiger partial charge in [-0.25, -0.2) is 22.3 Å². The molecule has 0 aromatic heterocycles. The second-order valence-corrected chi connectivity index (χ2v) is 10.4. The third-order valence-electron chi connectivity index (χ3n) is 4.35. The maximum absolute atomic E-state index is 13.3. The summed E-state index contributed by atoms with van der Waals surface area (Å²) in [7, 11) is -6.89. The van der Waals surface area contributed by atoms with Gasteiger partial charge in [0.05, 0.1) is 18.6 Å². The summed E-state index contributed by atoms with van der Waals surface area (Å²) in [6.07, 6.45) is 1.03. The second kappa shape index (κ2) is 10.0. The van der Waals surface area contributed by atoms with Gasteiger partial charge < -0.3 is 4.74 Å². The van der Waals surface area contributed by atoms with Gasteiger partial charge >= 0.3 is 5.91 Å². The third kappa shape index (κ3) is 6.10. The van der Waals surface area contributed by atoms with Gasteiger partial charge in [0, 0.05) is 12.8 Å². The number of hydrogen-bond acceptors (Lipinski definition) is 8. The lowest BCUT2D eigenvalue weighted by Crippen LogP contribution is -2.42. The summed E-state index contributed by atoms with van der Waals surface area (Å²) in [6.45, 7) is -1.11. The lowest BCUT2D eigenvalue weighted by atomic mass is 10.1. The number of ether oxygens (including phenoxy) is 1. The van der Waals surface area contributed by atoms with E-state index in [1.807, 2.05) is 0 Å². The number of nitrogens with one attached hydrogen (secondary N) is 1. The Hall–Kier alpha value is -2.80. The van der Waals surface area contributed by atoms with Gasteiger partial charge in [-0.2, -0.15) is 4.31 Å². The van der Waals surface area contributed by atoms with Gasteiger partial charge in [-0.3, -0.25) is 14.8 Å². The highest BCUT2D eigenvalue weighted by atomic mass is 32.2. The molecule has 12 heteroatoms. The Balaban J connectivity index is 2.43. The van der Waals surface area contributed by atoms with Gasteiger partial charge in [0.25, 0.3) is 0 Å². The SMILES string of the molecule is COc1ccc(CCN(CC(=O)C(=O)NO)S(=O)(=O)c2ccccc2S(C)(=O)=O)cc1. The summed E-state index contributed by atoms with van der Waals surface area (Å²) in [5.74, 6) is -2.00. The van der Waals surface area contributed by atoms with Crippen LogP contribution in [0.5, 0.6) is 5.75 Å². The quantitative estimate of drug-likeness (QED) is 0.288. The molecule has 2 aromatic carbocycles. The van der Waals surface area contributed by atoms with Crippen LogP contribution in [0.1, 0.15) is 5.56 Å². The molecule has 10 nitrogen and oxygen atoms in total. The number of benzene rings is 2. The van der Waals surface area contributed by atoms with Crippen molar-refractivity contribution in [3.05, 3.63) is 54.1 Å². The highest BCUT2D eigenvalue weighted by molar-refractivity contribution is 7.93. The van der Waals surface area contributed by atoms with Gasteiger partial charge in [0.15, 0.2) is 9.84 Å². The molecule has 2 aromatic rings. The van der Waals surface area contributed by atoms with Crippen molar-refractivity contribution in [3.8, 4) is 5.75 Å². The largest absolute Gasteiger partial charge is 0.497 e. The van der Waals surface area contributed by atoms with E-state index in [2.05, 4.69) is 0 Å². The normalized spacial score (nSPS) is 11.9. The lowest BCUT2D eigenvalue weighted by Gasteiger charge is -2.22. The highest BCUT2D eigenvalue weighted by Gasteiger charge is 2.32. The Kier molecular flexibility index (Phi) is 7.90. The first-order valence-corrected chi connectivity index (χ1v) is 12.2. The third-order valence-corrected chi connectivity index (χ3v) is 7.54. The number of sulfone groups is 1. The highest BCUT2D eigenvalue weighted by Crippen LogP contribution is 2.24. The summed E-state index contributed by atoms with van der Waals surface area (Å²) in [4.78, 5) is 22.5. The van der Waals surface area contributed by atoms with E-state index in [-0.39, 0.29) is 13.0 Å². The van der Waals surface area contributed by atoms with E-state index in [4.69, 9.17) is 9.94 Å². The molecule has 0 bridgehead atoms. The Morgan fingerprint density at radius 1 is 1.00 bits per heavy atom. The van der Waals surface area contributed by atoms with Crippen LogP contribution in [-0.4, -0.2) is 64.5 Å². The van der Waals surface area contributed by atoms with Gasteiger partial charge in [-0.15, -0.1) is 0 Å². The number of amides is 1. The average molecular weight is 471 g/mol. The summed E-state index contributed by atoms with van der Waals surface area (Å²) in [5.41, 5.74) is 1.88. The number of methoxy groups -OCH3 is 1. The minimum atomic E-state index is -4.49. The number of ketones is 1. The fourth-order valence-electron chi connectivity index (χ4n) is 2.73. The number of hydrogen-bond donors (Lipinski definition) is 2. The van der Waals surface area contributed by atoms with Crippen molar-refractivity contribution in [3.63, 3.8) is 0 Å². The summed E-state index contributed by atoms with van der Waals surface area (Å²) < 4.78 is 56.5. The summed E-state index contributed by atoms with van der Waals surface area (Å²) in [5, 5.41) is 8.67. The maximum atomic E-state index is 13.3. The molecule has 0 unspecified atom stereocenters. The lowest BCUT2D eigenvalue weighted by molar-refractivity contribution is -0.143. The van der Waals surface area contributed by atoms with E-state index < -0.39 is 47.9 Å². The number of carbonyl (C=O) groups excluding carboxylic acids is 2. The summed E-state index contributed by atoms with van der Waals surface area (Å²) in [6, 6.07) is 11.8. The molecule has 0 radical (unpaired) electrons. The molecule has 0 atom stereocenters. The Bertz CT molecular complexity index is 1160. The number of rotatable bonds is 10. The minimum Gasteiger partial charge on any atom is -0.497 e. The fraction of sp³-hybridized carbons (Fsp3) is 0.263. The predicted molar refractivity (Wildman–Crippen MR) is 110 cm³/mol. The predicted octanol–water partition coefficient (Wildman–Crippen LogP) is 0.407. The van der Waals surface area contributed by atoms with Gasteiger partial charge in [-0.05, 0) is 36.2 Å². The molecule has 1 amide bonds. The Labute approximate surface area is 180 Å². The van der Waals surface area contributed by atoms with Crippen molar-refractivity contribution in [1.82, 2.24) is 9.79 Å². The first kappa shape index (κ1) is 24.5. The average Bonchev–Trinajstić information content (AvgIpc) is 2.75. The molecule has 0 spiro atoms. The zero-order valence-electron chi connectivity index (χ0n) is 16.8. The number of carbonyl (C=O) groups is 2. The first-order chi connectivity index (χ1) is 14.5. The molecule has 31 heavy (non-hydrogen) atoms. The Morgan fingerprint density at radius 3 is 2.10 bits per heavy atom. The maximum Gasteiger partial charge on any atom is 0.312 e. The topological polar surface area (TPSA) is 147 Å². The van der Waals surface area contributed by atoms with Crippen LogP contribution >= 0.6 is 0 Å². The van der Waals surface area contributed by atoms with Crippen molar-refractivity contribution >= 4 is 31.6 Å². The van der Waals surface area contributed by atoms with Crippen molar-refractivity contribution in [1.29, 1.82) is 0 Å². The molecule has 2 rings (SSSR count). The molecule has 0 aliphatic heterocycles. The van der Waals surface area contributed by atoms with Crippen LogP contribution < -0.4 is 10.2 Å². The molecular weight excluding hydrogens is 448 g/mol. The molecule has 0 saturated heterocycles. The molecule has 0 aliphatic rings. The van der Waals surface area contributed by atoms with Crippen molar-refractivity contribution in [2.75, 3.05) is 26.5 Å². The van der Waals surface area contributed by atoms with E-state index in [9.17, 15) is 26.4 Å². The van der Waals surface area contributed by atoms with Crippen LogP contribution in [0.3, 0.4) is 0 Å². The van der Waals surface area contributed by atoms with Crippen molar-refractivity contribution in [2.24, 2.45) is 0 Å². The molecule has 0 aliphatic carbocycles. The van der Waals surface area contributed by atoms with E-state index in [0.717, 1.165) is 29.4 Å². The van der Waals surface area contributed by atoms with Crippen LogP contribution in [0.4, 0.5) is 0 Å². The molecular formula is C19H22N2O8S2. The van der Waals surface area contributed by atoms with E-state index >= 15 is 0 Å². The van der Waals surface area contributed by atoms with E-state index in [0.29, 0.717) is 10.1 Å². The van der Waals surface area contributed by atoms with Gasteiger partial charge in [0.2, 0.25) is 15.8 Å². The standard InChI is InChI=1S/C19H22N2O8S2/c1-29-15-9-7-14(8-10-15)11-12-21(13-16(22)19(23)20-24)31(27,28)18-6-4-3-5-17(18)30(2,25)26/h3-10,24H,11-13H2,1-2H3,(H,20,23). The van der Waals surface area contributed by atoms with Crippen molar-refractivity contribution < 1.29 is 36.4 Å². The first-order valence-electron chi connectivity index (χ1n) is 8.90. The molecule has 0 heterocycles. The Morgan fingerprint density at radius 2 is 1.58 bits per heavy atom. The van der Waals surface area contributed by atoms with Crippen LogP contribution in [0.25, 0.3) is 0 Å². The number of nitrogens with zero attached hydrogens (tertiary/aromatic N) is 1. The molecule has 168 valence electrons. The summed E-state index contributed by atoms with van der Waals surface area (Å²) >= 11 is 0. The van der Waals surface area contributed by atoms with E-state index in [1.54, 1.807) is 24.3 Å². The smallest absolute Gasteiger partial charge is 0.312 e. The van der Waals surface area contributed by atoms with Crippen LogP contribution in [-0.2, 0) is 35.9 Å². The minimum absolute atomic E-state index is 0.165. The van der Waals surface area contributed by atoms with Gasteiger partial charge in [-0.1, -0.05) is 24.3 Å². The van der Waals surface area contributed by atoms with E-state index in [1.165, 1.54) is 19.2 Å². The van der Waals surface area contributed by atoms with Crippen LogP contribution in [0.15, 0.2) is 58.3 Å². The number of sulfonamides is 1. The molecule has 0 fully saturated rings. The van der Waals surface area contributed by atoms with Gasteiger partial charge in [0.1, 0.15) is 10.6 Å².